The van der Waals surface area contributed by atoms with Crippen molar-refractivity contribution < 1.29 is 9.90 Å². The molecule has 2 aromatic carbocycles. The van der Waals surface area contributed by atoms with Gasteiger partial charge in [-0.3, -0.25) is 4.79 Å². The molecule has 0 amide bonds. The van der Waals surface area contributed by atoms with Gasteiger partial charge in [-0.2, -0.15) is 0 Å². The van der Waals surface area contributed by atoms with E-state index in [2.05, 4.69) is 42.5 Å². The summed E-state index contributed by atoms with van der Waals surface area (Å²) in [4.78, 5) is 11.6. The molecule has 5 rings (SSSR count). The van der Waals surface area contributed by atoms with Crippen LogP contribution in [0.25, 0.3) is 0 Å². The van der Waals surface area contributed by atoms with Gasteiger partial charge >= 0.3 is 5.97 Å². The van der Waals surface area contributed by atoms with Gasteiger partial charge in [-0.25, -0.2) is 0 Å². The number of aliphatic carboxylic acids is 1. The summed E-state index contributed by atoms with van der Waals surface area (Å²) < 4.78 is 0. The minimum absolute atomic E-state index is 0.00685. The molecule has 3 unspecified atom stereocenters. The SMILES string of the molecule is O=C(O)C1CC2c3cccc(c3)C1c1ccccc12. The van der Waals surface area contributed by atoms with Crippen molar-refractivity contribution in [3.8, 4) is 0 Å². The van der Waals surface area contributed by atoms with Gasteiger partial charge < -0.3 is 5.11 Å². The van der Waals surface area contributed by atoms with Crippen molar-refractivity contribution in [2.75, 3.05) is 0 Å². The van der Waals surface area contributed by atoms with Crippen LogP contribution in [0.1, 0.15) is 40.5 Å². The van der Waals surface area contributed by atoms with Crippen molar-refractivity contribution in [3.05, 3.63) is 70.8 Å². The second-order valence-electron chi connectivity index (χ2n) is 5.51. The number of rotatable bonds is 1. The Balaban J connectivity index is 2.04. The molecule has 0 fully saturated rings. The first-order chi connectivity index (χ1) is 9.25. The van der Waals surface area contributed by atoms with E-state index in [1.807, 2.05) is 6.07 Å². The maximum atomic E-state index is 11.6. The largest absolute Gasteiger partial charge is 0.481 e. The minimum atomic E-state index is -0.674. The summed E-state index contributed by atoms with van der Waals surface area (Å²) >= 11 is 0. The fourth-order valence-electron chi connectivity index (χ4n) is 3.79. The van der Waals surface area contributed by atoms with E-state index in [-0.39, 0.29) is 17.8 Å². The van der Waals surface area contributed by atoms with Gasteiger partial charge in [-0.1, -0.05) is 48.5 Å². The van der Waals surface area contributed by atoms with Crippen molar-refractivity contribution >= 4 is 5.97 Å². The lowest BCUT2D eigenvalue weighted by Crippen LogP contribution is -2.28. The lowest BCUT2D eigenvalue weighted by Gasteiger charge is -2.33. The number of carboxylic acid groups (broad SMARTS) is 1. The molecule has 19 heavy (non-hydrogen) atoms. The van der Waals surface area contributed by atoms with Crippen LogP contribution in [-0.2, 0) is 4.79 Å². The van der Waals surface area contributed by atoms with Crippen LogP contribution in [0.2, 0.25) is 0 Å². The van der Waals surface area contributed by atoms with Crippen LogP contribution in [-0.4, -0.2) is 11.1 Å². The Hall–Kier alpha value is -2.09. The van der Waals surface area contributed by atoms with Gasteiger partial charge in [-0.15, -0.1) is 0 Å². The van der Waals surface area contributed by atoms with Gasteiger partial charge in [0.1, 0.15) is 0 Å². The summed E-state index contributed by atoms with van der Waals surface area (Å²) in [5.74, 6) is -0.741. The zero-order valence-corrected chi connectivity index (χ0v) is 10.4. The normalized spacial score (nSPS) is 26.6. The van der Waals surface area contributed by atoms with E-state index in [0.717, 1.165) is 5.56 Å². The molecule has 0 aliphatic heterocycles. The first-order valence-corrected chi connectivity index (χ1v) is 6.67. The van der Waals surface area contributed by atoms with Crippen molar-refractivity contribution in [1.82, 2.24) is 0 Å². The second kappa shape index (κ2) is 3.70. The van der Waals surface area contributed by atoms with Crippen molar-refractivity contribution in [3.63, 3.8) is 0 Å². The highest BCUT2D eigenvalue weighted by molar-refractivity contribution is 5.74. The standard InChI is InChI=1S/C17H14O2/c18-17(19)15-9-14-10-4-3-5-11(8-10)16(15)13-7-2-1-6-12(13)14/h1-8,14-16H,9H2,(H,18,19). The number of hydrogen-bond donors (Lipinski definition) is 1. The molecule has 0 spiro atoms. The third-order valence-corrected chi connectivity index (χ3v) is 4.59. The maximum Gasteiger partial charge on any atom is 0.307 e. The van der Waals surface area contributed by atoms with E-state index in [0.29, 0.717) is 6.42 Å². The number of fused-ring (bicyclic) bond motifs is 1. The molecule has 4 bridgehead atoms. The highest BCUT2D eigenvalue weighted by Crippen LogP contribution is 2.51. The Kier molecular flexibility index (Phi) is 2.10. The van der Waals surface area contributed by atoms with E-state index in [1.54, 1.807) is 0 Å². The monoisotopic (exact) mass is 250 g/mol. The molecule has 0 radical (unpaired) electrons. The van der Waals surface area contributed by atoms with Crippen molar-refractivity contribution in [2.45, 2.75) is 18.3 Å². The molecule has 0 saturated carbocycles. The molecule has 0 heterocycles. The zero-order chi connectivity index (χ0) is 13.0. The van der Waals surface area contributed by atoms with Crippen LogP contribution >= 0.6 is 0 Å². The van der Waals surface area contributed by atoms with E-state index in [1.165, 1.54) is 16.7 Å². The van der Waals surface area contributed by atoms with Crippen LogP contribution in [0.3, 0.4) is 0 Å². The summed E-state index contributed by atoms with van der Waals surface area (Å²) in [7, 11) is 0. The minimum Gasteiger partial charge on any atom is -0.481 e. The Labute approximate surface area is 111 Å². The maximum absolute atomic E-state index is 11.6. The van der Waals surface area contributed by atoms with Gasteiger partial charge in [0.05, 0.1) is 5.92 Å². The van der Waals surface area contributed by atoms with Gasteiger partial charge in [0.2, 0.25) is 0 Å². The summed E-state index contributed by atoms with van der Waals surface area (Å²) in [6.45, 7) is 0. The van der Waals surface area contributed by atoms with E-state index in [9.17, 15) is 9.90 Å². The molecular formula is C17H14O2. The van der Waals surface area contributed by atoms with E-state index in [4.69, 9.17) is 0 Å². The van der Waals surface area contributed by atoms with Crippen LogP contribution in [0.15, 0.2) is 48.5 Å². The molecular weight excluding hydrogens is 236 g/mol. The molecule has 2 heteroatoms. The Morgan fingerprint density at radius 2 is 1.74 bits per heavy atom. The Morgan fingerprint density at radius 3 is 2.53 bits per heavy atom. The summed E-state index contributed by atoms with van der Waals surface area (Å²) in [5, 5.41) is 9.56. The highest BCUT2D eigenvalue weighted by atomic mass is 16.4. The first kappa shape index (κ1) is 10.8. The average Bonchev–Trinajstić information content (AvgIpc) is 2.60. The molecule has 3 aliphatic carbocycles. The summed E-state index contributed by atoms with van der Waals surface area (Å²) in [6.07, 6.45) is 0.713. The van der Waals surface area contributed by atoms with Gasteiger partial charge in [-0.05, 0) is 28.7 Å². The van der Waals surface area contributed by atoms with Gasteiger partial charge in [0, 0.05) is 11.8 Å². The van der Waals surface area contributed by atoms with E-state index >= 15 is 0 Å². The number of carboxylic acids is 1. The Morgan fingerprint density at radius 1 is 1.00 bits per heavy atom. The molecule has 1 N–H and O–H groups in total. The third kappa shape index (κ3) is 1.40. The summed E-state index contributed by atoms with van der Waals surface area (Å²) in [6, 6.07) is 16.8. The lowest BCUT2D eigenvalue weighted by atomic mass is 9.70. The molecule has 0 saturated heterocycles. The molecule has 0 aromatic heterocycles. The first-order valence-electron chi connectivity index (χ1n) is 6.67. The number of hydrogen-bond acceptors (Lipinski definition) is 1. The van der Waals surface area contributed by atoms with Crippen LogP contribution in [0.5, 0.6) is 0 Å². The van der Waals surface area contributed by atoms with Crippen molar-refractivity contribution in [2.24, 2.45) is 5.92 Å². The highest BCUT2D eigenvalue weighted by Gasteiger charge is 2.42. The van der Waals surface area contributed by atoms with E-state index < -0.39 is 5.97 Å². The third-order valence-electron chi connectivity index (χ3n) is 4.59. The zero-order valence-electron chi connectivity index (χ0n) is 10.4. The van der Waals surface area contributed by atoms with Crippen LogP contribution in [0.4, 0.5) is 0 Å². The topological polar surface area (TPSA) is 37.3 Å². The summed E-state index contributed by atoms with van der Waals surface area (Å²) in [5.41, 5.74) is 4.92. The van der Waals surface area contributed by atoms with Crippen LogP contribution < -0.4 is 0 Å². The average molecular weight is 250 g/mol. The van der Waals surface area contributed by atoms with Gasteiger partial charge in [0.25, 0.3) is 0 Å². The predicted octanol–water partition coefficient (Wildman–Crippen LogP) is 3.37. The molecule has 3 atom stereocenters. The van der Waals surface area contributed by atoms with Gasteiger partial charge in [0.15, 0.2) is 0 Å². The molecule has 2 aromatic rings. The quantitative estimate of drug-likeness (QED) is 0.842. The predicted molar refractivity (Wildman–Crippen MR) is 72.3 cm³/mol. The Bertz CT molecular complexity index is 674. The molecule has 94 valence electrons. The molecule has 2 nitrogen and oxygen atoms in total. The fourth-order valence-corrected chi connectivity index (χ4v) is 3.79. The smallest absolute Gasteiger partial charge is 0.307 e. The van der Waals surface area contributed by atoms with Crippen molar-refractivity contribution in [1.29, 1.82) is 0 Å². The number of carbonyl (C=O) groups is 1. The second-order valence-corrected chi connectivity index (χ2v) is 5.51. The van der Waals surface area contributed by atoms with Crippen LogP contribution in [0, 0.1) is 5.92 Å². The fraction of sp³-hybridized carbons (Fsp3) is 0.235. The lowest BCUT2D eigenvalue weighted by molar-refractivity contribution is -0.142. The molecule has 3 aliphatic rings. The number of benzene rings is 2.